The number of thiazole rings is 1. The maximum absolute atomic E-state index is 11.5. The van der Waals surface area contributed by atoms with Crippen molar-refractivity contribution < 1.29 is 15.0 Å². The fraction of sp³-hybridized carbons (Fsp3) is 0.333. The first-order valence-electron chi connectivity index (χ1n) is 4.13. The highest BCUT2D eigenvalue weighted by Crippen LogP contribution is 2.36. The van der Waals surface area contributed by atoms with Gasteiger partial charge >= 0.3 is 0 Å². The summed E-state index contributed by atoms with van der Waals surface area (Å²) in [6.07, 6.45) is 4.20. The second kappa shape index (κ2) is 3.27. The molecule has 0 saturated heterocycles. The van der Waals surface area contributed by atoms with Gasteiger partial charge in [0, 0.05) is 11.6 Å². The number of hydrogen-bond donors (Lipinski definition) is 2. The minimum Gasteiger partial charge on any atom is -0.393 e. The summed E-state index contributed by atoms with van der Waals surface area (Å²) in [5, 5.41) is 21.2. The monoisotopic (exact) mass is 211 g/mol. The van der Waals surface area contributed by atoms with Crippen LogP contribution in [0.3, 0.4) is 0 Å². The molecule has 1 aliphatic rings. The maximum atomic E-state index is 11.5. The van der Waals surface area contributed by atoms with E-state index >= 15 is 0 Å². The van der Waals surface area contributed by atoms with Gasteiger partial charge < -0.3 is 10.2 Å². The molecule has 4 nitrogen and oxygen atoms in total. The van der Waals surface area contributed by atoms with Gasteiger partial charge in [-0.2, -0.15) is 0 Å². The van der Waals surface area contributed by atoms with Gasteiger partial charge in [-0.1, -0.05) is 0 Å². The standard InChI is InChI=1S/C9H9NO3S/c11-5-9(13)2-1-6(12)7(9)8-10-3-4-14-8/h1-4,7,11,13H,5H2/t7?,9-/m1/s1. The third kappa shape index (κ3) is 1.30. The molecule has 74 valence electrons. The van der Waals surface area contributed by atoms with Crippen LogP contribution in [0.15, 0.2) is 23.7 Å². The van der Waals surface area contributed by atoms with Gasteiger partial charge in [0.15, 0.2) is 5.78 Å². The van der Waals surface area contributed by atoms with Crippen molar-refractivity contribution in [2.45, 2.75) is 11.5 Å². The summed E-state index contributed by atoms with van der Waals surface area (Å²) in [5.74, 6) is -0.955. The average molecular weight is 211 g/mol. The van der Waals surface area contributed by atoms with Crippen LogP contribution in [0.25, 0.3) is 0 Å². The van der Waals surface area contributed by atoms with Gasteiger partial charge in [0.25, 0.3) is 0 Å². The van der Waals surface area contributed by atoms with Crippen LogP contribution in [-0.4, -0.2) is 33.2 Å². The number of aromatic nitrogens is 1. The Kier molecular flexibility index (Phi) is 2.22. The molecule has 0 fully saturated rings. The van der Waals surface area contributed by atoms with Gasteiger partial charge in [-0.3, -0.25) is 4.79 Å². The van der Waals surface area contributed by atoms with E-state index in [0.717, 1.165) is 0 Å². The highest BCUT2D eigenvalue weighted by atomic mass is 32.1. The summed E-state index contributed by atoms with van der Waals surface area (Å²) in [6.45, 7) is -0.473. The first-order valence-corrected chi connectivity index (χ1v) is 5.01. The van der Waals surface area contributed by atoms with Gasteiger partial charge in [0.1, 0.15) is 16.5 Å². The summed E-state index contributed by atoms with van der Waals surface area (Å²) in [4.78, 5) is 15.4. The van der Waals surface area contributed by atoms with Crippen molar-refractivity contribution in [3.63, 3.8) is 0 Å². The van der Waals surface area contributed by atoms with Crippen LogP contribution in [0.1, 0.15) is 10.9 Å². The van der Waals surface area contributed by atoms with Crippen molar-refractivity contribution in [3.8, 4) is 0 Å². The smallest absolute Gasteiger partial charge is 0.168 e. The van der Waals surface area contributed by atoms with Crippen LogP contribution < -0.4 is 0 Å². The number of carbonyl (C=O) groups is 1. The number of ketones is 1. The normalized spacial score (nSPS) is 31.3. The molecule has 2 atom stereocenters. The Balaban J connectivity index is 2.39. The average Bonchev–Trinajstić information content (AvgIpc) is 2.75. The molecule has 1 unspecified atom stereocenters. The number of nitrogens with zero attached hydrogens (tertiary/aromatic N) is 1. The first-order chi connectivity index (χ1) is 6.67. The van der Waals surface area contributed by atoms with E-state index < -0.39 is 18.1 Å². The Hall–Kier alpha value is -1.04. The Morgan fingerprint density at radius 3 is 3.00 bits per heavy atom. The Labute approximate surface area is 84.5 Å². The molecule has 1 aromatic rings. The Morgan fingerprint density at radius 1 is 1.64 bits per heavy atom. The molecule has 1 heterocycles. The predicted octanol–water partition coefficient (Wildman–Crippen LogP) is 0.0890. The van der Waals surface area contributed by atoms with E-state index in [2.05, 4.69) is 4.98 Å². The molecule has 2 N–H and O–H groups in total. The topological polar surface area (TPSA) is 70.4 Å². The fourth-order valence-electron chi connectivity index (χ4n) is 1.52. The lowest BCUT2D eigenvalue weighted by atomic mass is 9.91. The third-order valence-electron chi connectivity index (χ3n) is 2.27. The summed E-state index contributed by atoms with van der Waals surface area (Å²) >= 11 is 1.30. The van der Waals surface area contributed by atoms with E-state index in [-0.39, 0.29) is 5.78 Å². The zero-order valence-corrected chi connectivity index (χ0v) is 8.07. The van der Waals surface area contributed by atoms with Gasteiger partial charge in [0.2, 0.25) is 0 Å². The lowest BCUT2D eigenvalue weighted by Crippen LogP contribution is -2.37. The third-order valence-corrected chi connectivity index (χ3v) is 3.11. The molecular formula is C9H9NO3S. The van der Waals surface area contributed by atoms with Gasteiger partial charge in [0.05, 0.1) is 6.61 Å². The first kappa shape index (κ1) is 9.51. The van der Waals surface area contributed by atoms with Crippen molar-refractivity contribution in [3.05, 3.63) is 28.7 Å². The molecule has 0 aromatic carbocycles. The Bertz CT molecular complexity index is 373. The lowest BCUT2D eigenvalue weighted by Gasteiger charge is -2.23. The highest BCUT2D eigenvalue weighted by molar-refractivity contribution is 7.09. The quantitative estimate of drug-likeness (QED) is 0.727. The number of aliphatic hydroxyl groups excluding tert-OH is 1. The van der Waals surface area contributed by atoms with Crippen LogP contribution in [-0.2, 0) is 4.79 Å². The van der Waals surface area contributed by atoms with Crippen molar-refractivity contribution >= 4 is 17.1 Å². The molecule has 1 aliphatic carbocycles. The van der Waals surface area contributed by atoms with E-state index in [9.17, 15) is 9.90 Å². The Morgan fingerprint density at radius 2 is 2.43 bits per heavy atom. The van der Waals surface area contributed by atoms with Gasteiger partial charge in [-0.15, -0.1) is 11.3 Å². The minimum atomic E-state index is -1.48. The minimum absolute atomic E-state index is 0.212. The summed E-state index contributed by atoms with van der Waals surface area (Å²) in [5.41, 5.74) is -1.48. The van der Waals surface area contributed by atoms with Crippen LogP contribution in [0.5, 0.6) is 0 Å². The number of hydrogen-bond acceptors (Lipinski definition) is 5. The second-order valence-corrected chi connectivity index (χ2v) is 4.11. The highest BCUT2D eigenvalue weighted by Gasteiger charge is 2.44. The zero-order valence-electron chi connectivity index (χ0n) is 7.25. The van der Waals surface area contributed by atoms with Crippen LogP contribution in [0, 0.1) is 0 Å². The van der Waals surface area contributed by atoms with E-state index in [1.165, 1.54) is 23.5 Å². The van der Waals surface area contributed by atoms with Crippen LogP contribution >= 0.6 is 11.3 Å². The predicted molar refractivity (Wildman–Crippen MR) is 51.0 cm³/mol. The maximum Gasteiger partial charge on any atom is 0.168 e. The fourth-order valence-corrected chi connectivity index (χ4v) is 2.36. The van der Waals surface area contributed by atoms with Crippen molar-refractivity contribution in [1.82, 2.24) is 4.98 Å². The SMILES string of the molecule is O=C1C=C[C@@](O)(CO)C1c1nccs1. The van der Waals surface area contributed by atoms with Crippen molar-refractivity contribution in [2.75, 3.05) is 6.61 Å². The number of allylic oxidation sites excluding steroid dienone is 1. The van der Waals surface area contributed by atoms with E-state index in [1.54, 1.807) is 11.6 Å². The molecule has 14 heavy (non-hydrogen) atoms. The molecular weight excluding hydrogens is 202 g/mol. The van der Waals surface area contributed by atoms with E-state index in [0.29, 0.717) is 5.01 Å². The van der Waals surface area contributed by atoms with Gasteiger partial charge in [-0.05, 0) is 12.2 Å². The summed E-state index contributed by atoms with van der Waals surface area (Å²) in [6, 6.07) is 0. The summed E-state index contributed by atoms with van der Waals surface area (Å²) < 4.78 is 0. The number of rotatable bonds is 2. The molecule has 0 spiro atoms. The number of aliphatic hydroxyl groups is 2. The molecule has 5 heteroatoms. The molecule has 1 aromatic heterocycles. The second-order valence-electron chi connectivity index (χ2n) is 3.19. The van der Waals surface area contributed by atoms with E-state index in [4.69, 9.17) is 5.11 Å². The van der Waals surface area contributed by atoms with Gasteiger partial charge in [-0.25, -0.2) is 4.98 Å². The lowest BCUT2D eigenvalue weighted by molar-refractivity contribution is -0.119. The molecule has 0 saturated carbocycles. The number of carbonyl (C=O) groups excluding carboxylic acids is 1. The molecule has 0 bridgehead atoms. The van der Waals surface area contributed by atoms with Crippen LogP contribution in [0.4, 0.5) is 0 Å². The molecule has 2 rings (SSSR count). The summed E-state index contributed by atoms with van der Waals surface area (Å²) in [7, 11) is 0. The molecule has 0 aliphatic heterocycles. The largest absolute Gasteiger partial charge is 0.393 e. The van der Waals surface area contributed by atoms with E-state index in [1.807, 2.05) is 0 Å². The van der Waals surface area contributed by atoms with Crippen LogP contribution in [0.2, 0.25) is 0 Å². The van der Waals surface area contributed by atoms with Crippen molar-refractivity contribution in [2.24, 2.45) is 0 Å². The zero-order chi connectivity index (χ0) is 10.2. The molecule has 0 radical (unpaired) electrons. The van der Waals surface area contributed by atoms with Crippen molar-refractivity contribution in [1.29, 1.82) is 0 Å². The molecule has 0 amide bonds.